The van der Waals surface area contributed by atoms with Crippen molar-refractivity contribution in [2.75, 3.05) is 26.0 Å². The lowest BCUT2D eigenvalue weighted by Crippen LogP contribution is -2.28. The molecule has 9 heteroatoms. The predicted molar refractivity (Wildman–Crippen MR) is 109 cm³/mol. The second kappa shape index (κ2) is 11.2. The number of methoxy groups -OCH3 is 1. The van der Waals surface area contributed by atoms with Crippen molar-refractivity contribution >= 4 is 29.3 Å². The fourth-order valence-electron chi connectivity index (χ4n) is 2.43. The zero-order valence-electron chi connectivity index (χ0n) is 16.1. The van der Waals surface area contributed by atoms with Crippen molar-refractivity contribution in [3.63, 3.8) is 0 Å². The summed E-state index contributed by atoms with van der Waals surface area (Å²) in [6.45, 7) is 2.49. The quantitative estimate of drug-likeness (QED) is 0.207. The summed E-state index contributed by atoms with van der Waals surface area (Å²) in [6.07, 6.45) is -0.669. The first-order valence-corrected chi connectivity index (χ1v) is 9.83. The lowest BCUT2D eigenvalue weighted by atomic mass is 10.1. The van der Waals surface area contributed by atoms with E-state index >= 15 is 0 Å². The van der Waals surface area contributed by atoms with Crippen LogP contribution in [0.1, 0.15) is 28.9 Å². The number of benzene rings is 2. The van der Waals surface area contributed by atoms with Crippen molar-refractivity contribution in [1.82, 2.24) is 5.32 Å². The zero-order chi connectivity index (χ0) is 21.2. The molecule has 2 rings (SSSR count). The molecule has 0 saturated carbocycles. The van der Waals surface area contributed by atoms with E-state index in [-0.39, 0.29) is 17.3 Å². The third-order valence-electron chi connectivity index (χ3n) is 3.93. The number of carbonyl (C=O) groups excluding carboxylic acids is 2. The highest BCUT2D eigenvalue weighted by Crippen LogP contribution is 2.27. The fraction of sp³-hybridized carbons (Fsp3) is 0.300. The van der Waals surface area contributed by atoms with Crippen LogP contribution in [0, 0.1) is 10.1 Å². The Morgan fingerprint density at radius 1 is 1.21 bits per heavy atom. The number of nitro benzene ring substituents is 1. The van der Waals surface area contributed by atoms with Gasteiger partial charge in [0.15, 0.2) is 0 Å². The molecule has 2 aromatic carbocycles. The molecule has 1 atom stereocenters. The van der Waals surface area contributed by atoms with Crippen LogP contribution in [0.15, 0.2) is 53.4 Å². The Morgan fingerprint density at radius 3 is 2.69 bits per heavy atom. The number of esters is 1. The van der Waals surface area contributed by atoms with Gasteiger partial charge in [-0.25, -0.2) is 4.79 Å². The van der Waals surface area contributed by atoms with Crippen molar-refractivity contribution in [2.45, 2.75) is 17.9 Å². The largest absolute Gasteiger partial charge is 0.454 e. The molecular weight excluding hydrogens is 396 g/mol. The molecular formula is C20H22N2O6S. The average molecular weight is 418 g/mol. The predicted octanol–water partition coefficient (Wildman–Crippen LogP) is 3.37. The van der Waals surface area contributed by atoms with E-state index in [9.17, 15) is 19.7 Å². The van der Waals surface area contributed by atoms with E-state index in [4.69, 9.17) is 9.47 Å². The molecule has 0 aliphatic rings. The molecule has 0 unspecified atom stereocenters. The van der Waals surface area contributed by atoms with Crippen molar-refractivity contribution < 1.29 is 24.0 Å². The Kier molecular flexibility index (Phi) is 8.63. The van der Waals surface area contributed by atoms with Crippen LogP contribution in [0.2, 0.25) is 0 Å². The van der Waals surface area contributed by atoms with E-state index in [1.54, 1.807) is 50.4 Å². The SMILES string of the molecule is COCCNC(=O)CSc1ccccc1C(=O)O[C@H](C)c1cccc([N+](=O)[O-])c1. The Balaban J connectivity index is 2.03. The molecule has 0 aromatic heterocycles. The number of non-ortho nitro benzene ring substituents is 1. The smallest absolute Gasteiger partial charge is 0.339 e. The van der Waals surface area contributed by atoms with Gasteiger partial charge in [0.05, 0.1) is 22.8 Å². The van der Waals surface area contributed by atoms with Gasteiger partial charge in [-0.2, -0.15) is 0 Å². The Hall–Kier alpha value is -2.91. The molecule has 0 heterocycles. The molecule has 0 fully saturated rings. The van der Waals surface area contributed by atoms with Gasteiger partial charge >= 0.3 is 5.97 Å². The summed E-state index contributed by atoms with van der Waals surface area (Å²) in [5.74, 6) is -0.582. The van der Waals surface area contributed by atoms with Crippen LogP contribution in [0.4, 0.5) is 5.69 Å². The van der Waals surface area contributed by atoms with Crippen LogP contribution in [-0.2, 0) is 14.3 Å². The van der Waals surface area contributed by atoms with E-state index in [2.05, 4.69) is 5.32 Å². The summed E-state index contributed by atoms with van der Waals surface area (Å²) in [4.78, 5) is 35.5. The number of rotatable bonds is 10. The number of ether oxygens (including phenoxy) is 2. The fourth-order valence-corrected chi connectivity index (χ4v) is 3.30. The molecule has 0 bridgehead atoms. The van der Waals surface area contributed by atoms with Gasteiger partial charge in [0.1, 0.15) is 6.10 Å². The van der Waals surface area contributed by atoms with E-state index in [0.717, 1.165) is 0 Å². The van der Waals surface area contributed by atoms with E-state index in [1.807, 2.05) is 0 Å². The molecule has 0 aliphatic carbocycles. The first-order chi connectivity index (χ1) is 13.9. The van der Waals surface area contributed by atoms with Gasteiger partial charge in [0.25, 0.3) is 5.69 Å². The highest BCUT2D eigenvalue weighted by Gasteiger charge is 2.19. The van der Waals surface area contributed by atoms with E-state index in [1.165, 1.54) is 23.9 Å². The first kappa shape index (κ1) is 22.4. The molecule has 0 aliphatic heterocycles. The lowest BCUT2D eigenvalue weighted by molar-refractivity contribution is -0.385. The summed E-state index contributed by atoms with van der Waals surface area (Å²) in [5, 5.41) is 13.6. The summed E-state index contributed by atoms with van der Waals surface area (Å²) in [5.41, 5.74) is 0.788. The molecule has 29 heavy (non-hydrogen) atoms. The number of thioether (sulfide) groups is 1. The minimum absolute atomic E-state index is 0.0687. The minimum Gasteiger partial charge on any atom is -0.454 e. The minimum atomic E-state index is -0.669. The lowest BCUT2D eigenvalue weighted by Gasteiger charge is -2.15. The number of amides is 1. The van der Waals surface area contributed by atoms with Gasteiger partial charge in [-0.15, -0.1) is 11.8 Å². The Morgan fingerprint density at radius 2 is 1.97 bits per heavy atom. The second-order valence-corrected chi connectivity index (χ2v) is 7.04. The van der Waals surface area contributed by atoms with Crippen molar-refractivity contribution in [3.05, 3.63) is 69.8 Å². The number of hydrogen-bond acceptors (Lipinski definition) is 7. The van der Waals surface area contributed by atoms with Gasteiger partial charge in [0.2, 0.25) is 5.91 Å². The molecule has 1 N–H and O–H groups in total. The van der Waals surface area contributed by atoms with Crippen molar-refractivity contribution in [2.24, 2.45) is 0 Å². The molecule has 0 saturated heterocycles. The van der Waals surface area contributed by atoms with E-state index < -0.39 is 17.0 Å². The summed E-state index contributed by atoms with van der Waals surface area (Å²) < 4.78 is 10.4. The number of nitrogens with zero attached hydrogens (tertiary/aromatic N) is 1. The van der Waals surface area contributed by atoms with Crippen LogP contribution in [0.3, 0.4) is 0 Å². The maximum absolute atomic E-state index is 12.6. The second-order valence-electron chi connectivity index (χ2n) is 6.03. The number of nitrogens with one attached hydrogen (secondary N) is 1. The standard InChI is InChI=1S/C20H22N2O6S/c1-14(15-6-5-7-16(12-15)22(25)26)28-20(24)17-8-3-4-9-18(17)29-13-19(23)21-10-11-27-2/h3-9,12,14H,10-11,13H2,1-2H3,(H,21,23)/t14-/m1/s1. The normalized spacial score (nSPS) is 11.5. The number of nitro groups is 1. The van der Waals surface area contributed by atoms with Crippen molar-refractivity contribution in [1.29, 1.82) is 0 Å². The molecule has 1 amide bonds. The highest BCUT2D eigenvalue weighted by molar-refractivity contribution is 8.00. The maximum Gasteiger partial charge on any atom is 0.339 e. The number of hydrogen-bond donors (Lipinski definition) is 1. The molecule has 0 spiro atoms. The zero-order valence-corrected chi connectivity index (χ0v) is 16.9. The van der Waals surface area contributed by atoms with Crippen LogP contribution < -0.4 is 5.32 Å². The third kappa shape index (κ3) is 6.88. The van der Waals surface area contributed by atoms with Crippen LogP contribution in [0.25, 0.3) is 0 Å². The van der Waals surface area contributed by atoms with Crippen LogP contribution in [-0.4, -0.2) is 42.8 Å². The Labute approximate surface area is 172 Å². The van der Waals surface area contributed by atoms with Gasteiger partial charge in [-0.3, -0.25) is 14.9 Å². The molecule has 2 aromatic rings. The van der Waals surface area contributed by atoms with Gasteiger partial charge in [0, 0.05) is 30.7 Å². The molecule has 0 radical (unpaired) electrons. The van der Waals surface area contributed by atoms with Gasteiger partial charge in [-0.05, 0) is 24.6 Å². The van der Waals surface area contributed by atoms with Gasteiger partial charge < -0.3 is 14.8 Å². The summed E-state index contributed by atoms with van der Waals surface area (Å²) >= 11 is 1.23. The van der Waals surface area contributed by atoms with E-state index in [0.29, 0.717) is 29.2 Å². The third-order valence-corrected chi connectivity index (χ3v) is 5.00. The average Bonchev–Trinajstić information content (AvgIpc) is 2.72. The number of carbonyl (C=O) groups is 2. The molecule has 8 nitrogen and oxygen atoms in total. The van der Waals surface area contributed by atoms with Crippen LogP contribution in [0.5, 0.6) is 0 Å². The summed E-state index contributed by atoms with van der Waals surface area (Å²) in [7, 11) is 1.55. The maximum atomic E-state index is 12.6. The van der Waals surface area contributed by atoms with Crippen molar-refractivity contribution in [3.8, 4) is 0 Å². The highest BCUT2D eigenvalue weighted by atomic mass is 32.2. The first-order valence-electron chi connectivity index (χ1n) is 8.85. The summed E-state index contributed by atoms with van der Waals surface area (Å²) in [6, 6.07) is 12.8. The topological polar surface area (TPSA) is 108 Å². The monoisotopic (exact) mass is 418 g/mol. The Bertz CT molecular complexity index is 874. The van der Waals surface area contributed by atoms with Crippen LogP contribution >= 0.6 is 11.8 Å². The molecule has 154 valence electrons. The van der Waals surface area contributed by atoms with Gasteiger partial charge in [-0.1, -0.05) is 24.3 Å².